The molecule has 0 bridgehead atoms. The highest BCUT2D eigenvalue weighted by Crippen LogP contribution is 2.47. The van der Waals surface area contributed by atoms with Gasteiger partial charge in [-0.1, -0.05) is 82.7 Å². The molecule has 1 saturated heterocycles. The van der Waals surface area contributed by atoms with Crippen LogP contribution in [0.15, 0.2) is 307 Å². The van der Waals surface area contributed by atoms with Gasteiger partial charge in [0.25, 0.3) is 23.6 Å². The van der Waals surface area contributed by atoms with Crippen LogP contribution in [0.4, 0.5) is 128 Å². The third-order valence-corrected chi connectivity index (χ3v) is 24.8. The number of fused-ring (bicyclic) bond motifs is 4. The summed E-state index contributed by atoms with van der Waals surface area (Å²) in [5.41, 5.74) is 0.836. The lowest BCUT2D eigenvalue weighted by Crippen LogP contribution is -2.41. The van der Waals surface area contributed by atoms with Crippen LogP contribution in [0.3, 0.4) is 0 Å². The van der Waals surface area contributed by atoms with Crippen LogP contribution < -0.4 is 47.2 Å². The SMILES string of the molecule is Brc1ncccn1.CC1(C)OB(c2ccc(C(F)(F)F)c(C(=O)Nc3ccc(F)cc3)c2)OC1(C)C.O=C(Nc1ccc(F)cc1)c1cc(-c2cccc3c2CC(=O)N3c2ncccn2)ccc1C(F)(F)F.O=C(Nc1ccc(F)cc1)c1cc(-c2cccc3c2CC(=O)N3c2ncccn2)ccc1C(F)(F)F.O=C1Cc2c(Br)cccc2N1.O=C1Cc2c(cccc2-c2ccc(C(F)(F)F)c(C(=O)Nc3ccc(F)cc3)c2)N1. The molecule has 8 amide bonds. The minimum atomic E-state index is -4.79. The fraction of sp³-hybridized carbons (Fsp3) is 0.132. The van der Waals surface area contributed by atoms with Crippen LogP contribution in [0.5, 0.6) is 0 Å². The van der Waals surface area contributed by atoms with E-state index in [0.29, 0.717) is 83.8 Å². The topological polar surface area (TPSA) is 311 Å². The first kappa shape index (κ1) is 107. The highest BCUT2D eigenvalue weighted by molar-refractivity contribution is 9.10. The number of hydrogen-bond acceptors (Lipinski definition) is 16. The Morgan fingerprint density at radius 3 is 0.946 bits per heavy atom. The number of amides is 8. The standard InChI is InChI=1S/2C26H16F4N4O2.C22H14F4N2O2.C20H20BF4NO3.C8H6BrNO.C4H3BrN2/c2*27-16-6-8-17(9-7-16)33-24(36)20-13-15(5-10-21(20)26(28,29)30)18-3-1-4-22-19(18)14-23(35)34(22)25-31-11-2-12-32-25;23-13-5-7-14(8-6-13)27-21(30)17-10-12(4-9-18(17)22(24,25)26)15-2-1-3-19-16(15)11-20(29)28-19;1-18(2)19(3,4)29-21(28-18)12-5-10-16(20(23,24)25)15(11-12)17(27)26-14-8-6-13(22)7-9-14;9-6-2-1-3-7-5(6)4-8(11)10-7;5-4-6-2-1-3-7-4/h2*1-13H,14H2,(H,33,36);1-10H,11H2,(H,27,30)(H,28,29);5-11H,1-4H3,(H,26,27);1-3H,4H2,(H,10,11);1-3H. The molecule has 6 N–H and O–H groups in total. The van der Waals surface area contributed by atoms with E-state index in [1.54, 1.807) is 85.2 Å². The molecule has 43 heteroatoms. The lowest BCUT2D eigenvalue weighted by molar-refractivity contribution is -0.138. The molecule has 5 aliphatic heterocycles. The minimum Gasteiger partial charge on any atom is -0.399 e. The van der Waals surface area contributed by atoms with Crippen LogP contribution in [0.25, 0.3) is 33.4 Å². The van der Waals surface area contributed by atoms with Crippen molar-refractivity contribution in [3.05, 3.63) is 397 Å². The number of benzene rings is 12. The molecule has 5 aliphatic rings. The average molecular weight is 2180 g/mol. The maximum Gasteiger partial charge on any atom is 0.494 e. The van der Waals surface area contributed by atoms with Crippen molar-refractivity contribution in [1.29, 1.82) is 0 Å². The zero-order chi connectivity index (χ0) is 107. The van der Waals surface area contributed by atoms with E-state index < -0.39 is 134 Å². The fourth-order valence-corrected chi connectivity index (χ4v) is 16.7. The van der Waals surface area contributed by atoms with Gasteiger partial charge in [0.1, 0.15) is 23.3 Å². The third kappa shape index (κ3) is 25.4. The molecule has 0 radical (unpaired) electrons. The lowest BCUT2D eigenvalue weighted by atomic mass is 9.77. The first-order chi connectivity index (χ1) is 70.6. The number of halogens is 18. The van der Waals surface area contributed by atoms with E-state index in [2.05, 4.69) is 93.7 Å². The Labute approximate surface area is 853 Å². The van der Waals surface area contributed by atoms with Crippen LogP contribution in [-0.2, 0) is 78.9 Å². The predicted molar refractivity (Wildman–Crippen MR) is 530 cm³/mol. The number of rotatable bonds is 14. The molecule has 15 aromatic rings. The number of anilines is 10. The van der Waals surface area contributed by atoms with Crippen molar-refractivity contribution in [2.45, 2.75) is 89.3 Å². The van der Waals surface area contributed by atoms with Gasteiger partial charge in [-0.3, -0.25) is 38.4 Å². The molecule has 758 valence electrons. The molecule has 149 heavy (non-hydrogen) atoms. The van der Waals surface area contributed by atoms with Gasteiger partial charge in [-0.15, -0.1) is 0 Å². The number of carbonyl (C=O) groups excluding carboxylic acids is 8. The first-order valence-electron chi connectivity index (χ1n) is 44.5. The maximum absolute atomic E-state index is 13.7. The maximum atomic E-state index is 13.7. The Morgan fingerprint density at radius 1 is 0.342 bits per heavy atom. The second-order valence-corrected chi connectivity index (χ2v) is 35.7. The van der Waals surface area contributed by atoms with E-state index in [1.165, 1.54) is 107 Å². The molecule has 12 aromatic carbocycles. The second kappa shape index (κ2) is 44.4. The molecule has 0 aliphatic carbocycles. The molecule has 0 atom stereocenters. The summed E-state index contributed by atoms with van der Waals surface area (Å²) < 4.78 is 229. The zero-order valence-corrected chi connectivity index (χ0v) is 80.8. The Hall–Kier alpha value is -16.5. The molecule has 20 rings (SSSR count). The van der Waals surface area contributed by atoms with Crippen molar-refractivity contribution in [3.63, 3.8) is 0 Å². The Morgan fingerprint density at radius 2 is 0.631 bits per heavy atom. The van der Waals surface area contributed by atoms with Crippen molar-refractivity contribution in [3.8, 4) is 33.4 Å². The zero-order valence-electron chi connectivity index (χ0n) is 77.7. The third-order valence-electron chi connectivity index (χ3n) is 23.7. The van der Waals surface area contributed by atoms with E-state index in [1.807, 2.05) is 45.9 Å². The lowest BCUT2D eigenvalue weighted by Gasteiger charge is -2.32. The quantitative estimate of drug-likeness (QED) is 0.0335. The molecule has 0 saturated carbocycles. The van der Waals surface area contributed by atoms with Crippen LogP contribution in [0, 0.1) is 23.3 Å². The van der Waals surface area contributed by atoms with Crippen molar-refractivity contribution in [2.75, 3.05) is 41.7 Å². The van der Waals surface area contributed by atoms with E-state index >= 15 is 0 Å². The number of carbonyl (C=O) groups is 8. The summed E-state index contributed by atoms with van der Waals surface area (Å²) in [4.78, 5) is 126. The van der Waals surface area contributed by atoms with Gasteiger partial charge in [-0.2, -0.15) is 52.7 Å². The number of alkyl halides is 12. The van der Waals surface area contributed by atoms with Gasteiger partial charge in [0.2, 0.25) is 35.5 Å². The summed E-state index contributed by atoms with van der Waals surface area (Å²) in [7, 11) is -0.917. The largest absolute Gasteiger partial charge is 0.494 e. The normalized spacial score (nSPS) is 13.9. The van der Waals surface area contributed by atoms with Gasteiger partial charge in [0, 0.05) is 75.8 Å². The predicted octanol–water partition coefficient (Wildman–Crippen LogP) is 24.4. The van der Waals surface area contributed by atoms with E-state index in [4.69, 9.17) is 9.31 Å². The van der Waals surface area contributed by atoms with Gasteiger partial charge >= 0.3 is 31.8 Å². The molecule has 8 heterocycles. The van der Waals surface area contributed by atoms with Gasteiger partial charge in [-0.25, -0.2) is 57.3 Å². The molecular weight excluding hydrogens is 2100 g/mol. The number of hydrogen-bond donors (Lipinski definition) is 6. The summed E-state index contributed by atoms with van der Waals surface area (Å²) in [6.45, 7) is 7.27. The monoisotopic (exact) mass is 2180 g/mol. The highest BCUT2D eigenvalue weighted by Gasteiger charge is 2.53. The van der Waals surface area contributed by atoms with Crippen LogP contribution in [0.2, 0.25) is 0 Å². The fourth-order valence-electron chi connectivity index (χ4n) is 16.0. The van der Waals surface area contributed by atoms with Gasteiger partial charge in [-0.05, 0) is 299 Å². The molecule has 0 spiro atoms. The van der Waals surface area contributed by atoms with Crippen LogP contribution >= 0.6 is 31.9 Å². The van der Waals surface area contributed by atoms with E-state index in [0.717, 1.165) is 113 Å². The molecule has 0 unspecified atom stereocenters. The van der Waals surface area contributed by atoms with Crippen molar-refractivity contribution >= 4 is 149 Å². The van der Waals surface area contributed by atoms with Crippen molar-refractivity contribution in [2.24, 2.45) is 0 Å². The van der Waals surface area contributed by atoms with E-state index in [9.17, 15) is 109 Å². The summed E-state index contributed by atoms with van der Waals surface area (Å²) in [6, 6.07) is 57.6. The van der Waals surface area contributed by atoms with Crippen LogP contribution in [-0.4, -0.2) is 95.5 Å². The minimum absolute atomic E-state index is 0.0120. The average Bonchev–Trinajstić information content (AvgIpc) is 1.62. The summed E-state index contributed by atoms with van der Waals surface area (Å²) in [5.74, 6) is -6.44. The second-order valence-electron chi connectivity index (χ2n) is 34.1. The molecule has 1 fully saturated rings. The van der Waals surface area contributed by atoms with Crippen LogP contribution in [0.1, 0.15) is 114 Å². The summed E-state index contributed by atoms with van der Waals surface area (Å²) >= 11 is 6.47. The van der Waals surface area contributed by atoms with Gasteiger partial charge in [0.05, 0.1) is 92.8 Å². The summed E-state index contributed by atoms with van der Waals surface area (Å²) in [6.07, 6.45) is -9.13. The van der Waals surface area contributed by atoms with E-state index in [-0.39, 0.29) is 77.5 Å². The Balaban J connectivity index is 0.000000141. The number of nitrogens with zero attached hydrogens (tertiary/aromatic N) is 8. The Bertz CT molecular complexity index is 7380. The van der Waals surface area contributed by atoms with Gasteiger partial charge in [0.15, 0.2) is 4.73 Å². The highest BCUT2D eigenvalue weighted by atomic mass is 79.9. The van der Waals surface area contributed by atoms with Crippen molar-refractivity contribution in [1.82, 2.24) is 29.9 Å². The van der Waals surface area contributed by atoms with Crippen molar-refractivity contribution < 1.29 is 118 Å². The molecular formula is C106H75BBr2F16N14O10. The smallest absolute Gasteiger partial charge is 0.399 e. The molecule has 3 aromatic heterocycles. The number of aromatic nitrogens is 6. The molecule has 24 nitrogen and oxygen atoms in total. The van der Waals surface area contributed by atoms with Gasteiger partial charge < -0.3 is 41.2 Å². The Kier molecular flexibility index (Phi) is 31.8. The number of nitrogens with one attached hydrogen (secondary N) is 6. The summed E-state index contributed by atoms with van der Waals surface area (Å²) in [5, 5.41) is 14.9. The first-order valence-corrected chi connectivity index (χ1v) is 46.1.